The molecule has 0 unspecified atom stereocenters. The average molecular weight is 342 g/mol. The number of rotatable bonds is 6. The summed E-state index contributed by atoms with van der Waals surface area (Å²) in [4.78, 5) is 0. The van der Waals surface area contributed by atoms with Crippen molar-refractivity contribution < 1.29 is 18.9 Å². The summed E-state index contributed by atoms with van der Waals surface area (Å²) in [6, 6.07) is 10.3. The molecule has 0 aliphatic carbocycles. The van der Waals surface area contributed by atoms with E-state index in [4.69, 9.17) is 18.9 Å². The van der Waals surface area contributed by atoms with Gasteiger partial charge in [0.2, 0.25) is 0 Å². The van der Waals surface area contributed by atoms with Crippen LogP contribution in [0, 0.1) is 0 Å². The molecular weight excluding hydrogens is 316 g/mol. The standard InChI is InChI=1S/C21H26O4/c1-6-7-14-10-16-13(2)20(25-21(16)19(11-14)24-5)15-8-9-17(22-3)18(12-15)23-4/h8-13,20H,6-7H2,1-5H3/t13-,20+/m1/s1. The Morgan fingerprint density at radius 3 is 2.28 bits per heavy atom. The minimum absolute atomic E-state index is 0.0689. The predicted octanol–water partition coefficient (Wildman–Crippen LogP) is 4.90. The number of hydrogen-bond donors (Lipinski definition) is 0. The van der Waals surface area contributed by atoms with Crippen LogP contribution in [0.25, 0.3) is 0 Å². The highest BCUT2D eigenvalue weighted by molar-refractivity contribution is 5.55. The monoisotopic (exact) mass is 342 g/mol. The number of fused-ring (bicyclic) bond motifs is 1. The van der Waals surface area contributed by atoms with Crippen molar-refractivity contribution in [3.05, 3.63) is 47.0 Å². The second-order valence-electron chi connectivity index (χ2n) is 6.41. The first-order valence-electron chi connectivity index (χ1n) is 8.72. The van der Waals surface area contributed by atoms with E-state index in [1.54, 1.807) is 21.3 Å². The van der Waals surface area contributed by atoms with Crippen LogP contribution in [0.15, 0.2) is 30.3 Å². The number of aryl methyl sites for hydroxylation is 1. The maximum absolute atomic E-state index is 6.31. The quantitative estimate of drug-likeness (QED) is 0.748. The fourth-order valence-corrected chi connectivity index (χ4v) is 3.51. The minimum Gasteiger partial charge on any atom is -0.493 e. The van der Waals surface area contributed by atoms with E-state index in [0.29, 0.717) is 5.75 Å². The Balaban J connectivity index is 1.98. The zero-order valence-corrected chi connectivity index (χ0v) is 15.6. The molecule has 0 fully saturated rings. The van der Waals surface area contributed by atoms with Crippen molar-refractivity contribution in [1.29, 1.82) is 0 Å². The Labute approximate surface area is 149 Å². The molecule has 2 aromatic carbocycles. The Morgan fingerprint density at radius 1 is 0.920 bits per heavy atom. The molecule has 0 saturated carbocycles. The third-order valence-corrected chi connectivity index (χ3v) is 4.83. The van der Waals surface area contributed by atoms with Gasteiger partial charge in [-0.15, -0.1) is 0 Å². The first-order valence-corrected chi connectivity index (χ1v) is 8.72. The predicted molar refractivity (Wildman–Crippen MR) is 98.3 cm³/mol. The summed E-state index contributed by atoms with van der Waals surface area (Å²) in [7, 11) is 4.99. The topological polar surface area (TPSA) is 36.9 Å². The summed E-state index contributed by atoms with van der Waals surface area (Å²) in [5.74, 6) is 3.34. The van der Waals surface area contributed by atoms with Crippen molar-refractivity contribution in [2.24, 2.45) is 0 Å². The molecule has 3 rings (SSSR count). The van der Waals surface area contributed by atoms with E-state index in [1.807, 2.05) is 18.2 Å². The zero-order valence-electron chi connectivity index (χ0n) is 15.6. The van der Waals surface area contributed by atoms with Crippen LogP contribution in [0.2, 0.25) is 0 Å². The third kappa shape index (κ3) is 3.13. The normalized spacial score (nSPS) is 18.4. The molecule has 1 aliphatic rings. The summed E-state index contributed by atoms with van der Waals surface area (Å²) >= 11 is 0. The van der Waals surface area contributed by atoms with Crippen LogP contribution in [0.5, 0.6) is 23.0 Å². The molecule has 0 bridgehead atoms. The van der Waals surface area contributed by atoms with Crippen LogP contribution in [-0.2, 0) is 6.42 Å². The third-order valence-electron chi connectivity index (χ3n) is 4.83. The smallest absolute Gasteiger partial charge is 0.165 e. The van der Waals surface area contributed by atoms with Gasteiger partial charge >= 0.3 is 0 Å². The molecule has 1 heterocycles. The molecule has 0 N–H and O–H groups in total. The average Bonchev–Trinajstić information content (AvgIpc) is 2.97. The molecule has 2 aromatic rings. The van der Waals surface area contributed by atoms with Crippen LogP contribution in [0.3, 0.4) is 0 Å². The summed E-state index contributed by atoms with van der Waals surface area (Å²) in [5.41, 5.74) is 3.57. The van der Waals surface area contributed by atoms with Crippen LogP contribution < -0.4 is 18.9 Å². The highest BCUT2D eigenvalue weighted by Gasteiger charge is 2.35. The van der Waals surface area contributed by atoms with E-state index in [2.05, 4.69) is 26.0 Å². The Bertz CT molecular complexity index is 754. The first kappa shape index (κ1) is 17.5. The lowest BCUT2D eigenvalue weighted by Crippen LogP contribution is -2.07. The second kappa shape index (κ2) is 7.26. The van der Waals surface area contributed by atoms with Crippen molar-refractivity contribution in [2.75, 3.05) is 21.3 Å². The van der Waals surface area contributed by atoms with Gasteiger partial charge in [-0.25, -0.2) is 0 Å². The molecule has 134 valence electrons. The number of benzene rings is 2. The van der Waals surface area contributed by atoms with Crippen LogP contribution in [0.1, 0.15) is 49.0 Å². The van der Waals surface area contributed by atoms with E-state index in [9.17, 15) is 0 Å². The van der Waals surface area contributed by atoms with Gasteiger partial charge in [0.15, 0.2) is 23.0 Å². The van der Waals surface area contributed by atoms with Gasteiger partial charge in [-0.1, -0.05) is 32.4 Å². The van der Waals surface area contributed by atoms with Gasteiger partial charge in [-0.2, -0.15) is 0 Å². The first-order chi connectivity index (χ1) is 12.1. The van der Waals surface area contributed by atoms with Crippen molar-refractivity contribution in [3.8, 4) is 23.0 Å². The molecule has 0 amide bonds. The zero-order chi connectivity index (χ0) is 18.0. The number of hydrogen-bond acceptors (Lipinski definition) is 4. The number of ether oxygens (including phenoxy) is 4. The fourth-order valence-electron chi connectivity index (χ4n) is 3.51. The van der Waals surface area contributed by atoms with Gasteiger partial charge < -0.3 is 18.9 Å². The van der Waals surface area contributed by atoms with Gasteiger partial charge in [0, 0.05) is 11.5 Å². The number of methoxy groups -OCH3 is 3. The molecule has 0 aromatic heterocycles. The molecule has 0 spiro atoms. The SMILES string of the molecule is CCCc1cc(OC)c2c(c1)[C@@H](C)[C@@H](c1ccc(OC)c(OC)c1)O2. The van der Waals surface area contributed by atoms with Crippen molar-refractivity contribution in [2.45, 2.75) is 38.7 Å². The summed E-state index contributed by atoms with van der Waals surface area (Å²) in [5, 5.41) is 0. The summed E-state index contributed by atoms with van der Waals surface area (Å²) in [6.45, 7) is 4.38. The highest BCUT2D eigenvalue weighted by Crippen LogP contribution is 2.51. The molecule has 0 radical (unpaired) electrons. The van der Waals surface area contributed by atoms with E-state index in [1.165, 1.54) is 11.1 Å². The van der Waals surface area contributed by atoms with Crippen molar-refractivity contribution in [1.82, 2.24) is 0 Å². The largest absolute Gasteiger partial charge is 0.493 e. The van der Waals surface area contributed by atoms with Gasteiger partial charge in [-0.05, 0) is 35.7 Å². The van der Waals surface area contributed by atoms with Crippen LogP contribution in [-0.4, -0.2) is 21.3 Å². The maximum atomic E-state index is 6.31. The summed E-state index contributed by atoms with van der Waals surface area (Å²) < 4.78 is 22.7. The molecule has 2 atom stereocenters. The second-order valence-corrected chi connectivity index (χ2v) is 6.41. The van der Waals surface area contributed by atoms with E-state index < -0.39 is 0 Å². The maximum Gasteiger partial charge on any atom is 0.165 e. The highest BCUT2D eigenvalue weighted by atomic mass is 16.5. The Kier molecular flexibility index (Phi) is 5.07. The van der Waals surface area contributed by atoms with E-state index in [0.717, 1.165) is 35.7 Å². The van der Waals surface area contributed by atoms with Gasteiger partial charge in [0.1, 0.15) is 6.10 Å². The molecule has 4 heteroatoms. The van der Waals surface area contributed by atoms with Crippen LogP contribution >= 0.6 is 0 Å². The van der Waals surface area contributed by atoms with Crippen LogP contribution in [0.4, 0.5) is 0 Å². The Morgan fingerprint density at radius 2 is 1.64 bits per heavy atom. The Hall–Kier alpha value is -2.36. The van der Waals surface area contributed by atoms with Crippen molar-refractivity contribution in [3.63, 3.8) is 0 Å². The lowest BCUT2D eigenvalue weighted by molar-refractivity contribution is 0.207. The van der Waals surface area contributed by atoms with Gasteiger partial charge in [0.25, 0.3) is 0 Å². The fraction of sp³-hybridized carbons (Fsp3) is 0.429. The minimum atomic E-state index is -0.0689. The molecular formula is C21H26O4. The van der Waals surface area contributed by atoms with Crippen molar-refractivity contribution >= 4 is 0 Å². The van der Waals surface area contributed by atoms with E-state index >= 15 is 0 Å². The molecule has 4 nitrogen and oxygen atoms in total. The summed E-state index contributed by atoms with van der Waals surface area (Å²) in [6.07, 6.45) is 2.08. The molecule has 1 aliphatic heterocycles. The van der Waals surface area contributed by atoms with Gasteiger partial charge in [-0.3, -0.25) is 0 Å². The van der Waals surface area contributed by atoms with E-state index in [-0.39, 0.29) is 12.0 Å². The molecule has 0 saturated heterocycles. The lowest BCUT2D eigenvalue weighted by Gasteiger charge is -2.18. The van der Waals surface area contributed by atoms with Gasteiger partial charge in [0.05, 0.1) is 21.3 Å². The lowest BCUT2D eigenvalue weighted by atomic mass is 9.91. The molecule has 25 heavy (non-hydrogen) atoms.